The Labute approximate surface area is 85.1 Å². The molecule has 3 heteroatoms. The molecular formula is C10H14BClO. The molecule has 1 nitrogen and oxygen atoms in total. The standard InChI is InChI=1S/C10H14BClO/c1-2-4-9(13)7-5-3-6-8(12)10(7)11/h3,5-6,9,13H,2,4,11H2,1H3/t9-/m1/s1. The van der Waals surface area contributed by atoms with E-state index < -0.39 is 0 Å². The molecule has 0 radical (unpaired) electrons. The highest BCUT2D eigenvalue weighted by molar-refractivity contribution is 6.45. The van der Waals surface area contributed by atoms with Crippen molar-refractivity contribution in [3.63, 3.8) is 0 Å². The average molecular weight is 196 g/mol. The molecule has 1 atom stereocenters. The lowest BCUT2D eigenvalue weighted by Crippen LogP contribution is -2.15. The van der Waals surface area contributed by atoms with Gasteiger partial charge in [-0.2, -0.15) is 0 Å². The van der Waals surface area contributed by atoms with Gasteiger partial charge in [0.15, 0.2) is 0 Å². The van der Waals surface area contributed by atoms with Crippen molar-refractivity contribution < 1.29 is 5.11 Å². The molecule has 1 N–H and O–H groups in total. The molecule has 0 bridgehead atoms. The Kier molecular flexibility index (Phi) is 3.82. The quantitative estimate of drug-likeness (QED) is 0.725. The van der Waals surface area contributed by atoms with Crippen molar-refractivity contribution in [2.75, 3.05) is 0 Å². The molecule has 1 rings (SSSR count). The first kappa shape index (κ1) is 10.6. The number of hydrogen-bond donors (Lipinski definition) is 1. The van der Waals surface area contributed by atoms with Crippen LogP contribution in [-0.4, -0.2) is 13.0 Å². The molecule has 0 aliphatic carbocycles. The lowest BCUT2D eigenvalue weighted by molar-refractivity contribution is 0.167. The minimum Gasteiger partial charge on any atom is -0.388 e. The fourth-order valence-corrected chi connectivity index (χ4v) is 1.60. The number of hydrogen-bond acceptors (Lipinski definition) is 1. The van der Waals surface area contributed by atoms with Crippen molar-refractivity contribution in [1.29, 1.82) is 0 Å². The minimum absolute atomic E-state index is 0.372. The van der Waals surface area contributed by atoms with Gasteiger partial charge in [-0.25, -0.2) is 0 Å². The van der Waals surface area contributed by atoms with Crippen molar-refractivity contribution >= 4 is 24.9 Å². The maximum Gasteiger partial charge on any atom is 0.141 e. The zero-order valence-corrected chi connectivity index (χ0v) is 8.80. The van der Waals surface area contributed by atoms with Crippen LogP contribution in [0.25, 0.3) is 0 Å². The van der Waals surface area contributed by atoms with Gasteiger partial charge in [0.2, 0.25) is 0 Å². The van der Waals surface area contributed by atoms with Gasteiger partial charge < -0.3 is 5.11 Å². The van der Waals surface area contributed by atoms with Crippen molar-refractivity contribution in [2.24, 2.45) is 0 Å². The maximum absolute atomic E-state index is 9.77. The molecule has 0 spiro atoms. The van der Waals surface area contributed by atoms with E-state index in [1.165, 1.54) is 0 Å². The fraction of sp³-hybridized carbons (Fsp3) is 0.400. The van der Waals surface area contributed by atoms with Gasteiger partial charge in [-0.3, -0.25) is 0 Å². The Hall–Kier alpha value is -0.465. The second kappa shape index (κ2) is 4.68. The van der Waals surface area contributed by atoms with Crippen LogP contribution in [0.1, 0.15) is 31.4 Å². The van der Waals surface area contributed by atoms with Gasteiger partial charge >= 0.3 is 0 Å². The lowest BCUT2D eigenvalue weighted by Gasteiger charge is -2.13. The zero-order valence-electron chi connectivity index (χ0n) is 8.05. The van der Waals surface area contributed by atoms with Crippen LogP contribution in [0.2, 0.25) is 5.02 Å². The highest BCUT2D eigenvalue weighted by atomic mass is 35.5. The maximum atomic E-state index is 9.77. The Bertz CT molecular complexity index is 288. The van der Waals surface area contributed by atoms with Crippen LogP contribution in [0.4, 0.5) is 0 Å². The number of aliphatic hydroxyl groups excluding tert-OH is 1. The lowest BCUT2D eigenvalue weighted by atomic mass is 9.87. The minimum atomic E-state index is -0.372. The van der Waals surface area contributed by atoms with E-state index in [0.29, 0.717) is 0 Å². The van der Waals surface area contributed by atoms with E-state index in [0.717, 1.165) is 28.9 Å². The molecule has 0 saturated carbocycles. The fourth-order valence-electron chi connectivity index (χ4n) is 1.41. The summed E-state index contributed by atoms with van der Waals surface area (Å²) < 4.78 is 0. The van der Waals surface area contributed by atoms with Crippen molar-refractivity contribution in [2.45, 2.75) is 25.9 Å². The van der Waals surface area contributed by atoms with E-state index >= 15 is 0 Å². The Balaban J connectivity index is 2.93. The molecule has 0 aliphatic heterocycles. The van der Waals surface area contributed by atoms with Crippen LogP contribution < -0.4 is 5.46 Å². The smallest absolute Gasteiger partial charge is 0.141 e. The van der Waals surface area contributed by atoms with Crippen LogP contribution >= 0.6 is 11.6 Å². The largest absolute Gasteiger partial charge is 0.388 e. The van der Waals surface area contributed by atoms with Crippen LogP contribution in [-0.2, 0) is 0 Å². The van der Waals surface area contributed by atoms with Gasteiger partial charge in [-0.1, -0.05) is 42.5 Å². The molecule has 0 saturated heterocycles. The van der Waals surface area contributed by atoms with E-state index in [9.17, 15) is 5.11 Å². The number of benzene rings is 1. The summed E-state index contributed by atoms with van der Waals surface area (Å²) in [6, 6.07) is 5.66. The monoisotopic (exact) mass is 196 g/mol. The molecule has 0 unspecified atom stereocenters. The van der Waals surface area contributed by atoms with Gasteiger partial charge in [-0.05, 0) is 18.1 Å². The highest BCUT2D eigenvalue weighted by Gasteiger charge is 2.10. The summed E-state index contributed by atoms with van der Waals surface area (Å²) in [4.78, 5) is 0. The first-order valence-corrected chi connectivity index (χ1v) is 4.97. The summed E-state index contributed by atoms with van der Waals surface area (Å²) in [6.45, 7) is 2.06. The SMILES string of the molecule is Bc1c(Cl)cccc1[C@H](O)CCC. The Morgan fingerprint density at radius 3 is 2.85 bits per heavy atom. The highest BCUT2D eigenvalue weighted by Crippen LogP contribution is 2.18. The van der Waals surface area contributed by atoms with E-state index in [1.54, 1.807) is 0 Å². The topological polar surface area (TPSA) is 20.2 Å². The van der Waals surface area contributed by atoms with Gasteiger partial charge in [0, 0.05) is 5.02 Å². The van der Waals surface area contributed by atoms with Gasteiger partial charge in [0.25, 0.3) is 0 Å². The van der Waals surface area contributed by atoms with Crippen LogP contribution in [0, 0.1) is 0 Å². The number of halogens is 1. The van der Waals surface area contributed by atoms with Crippen molar-refractivity contribution in [1.82, 2.24) is 0 Å². The van der Waals surface area contributed by atoms with Gasteiger partial charge in [-0.15, -0.1) is 0 Å². The average Bonchev–Trinajstić information content (AvgIpc) is 2.10. The second-order valence-corrected chi connectivity index (χ2v) is 3.67. The third-order valence-corrected chi connectivity index (χ3v) is 2.64. The van der Waals surface area contributed by atoms with Crippen LogP contribution in [0.5, 0.6) is 0 Å². The molecular weight excluding hydrogens is 182 g/mol. The van der Waals surface area contributed by atoms with E-state index in [1.807, 2.05) is 26.0 Å². The number of aliphatic hydroxyl groups is 1. The molecule has 0 aliphatic rings. The van der Waals surface area contributed by atoms with E-state index in [-0.39, 0.29) is 6.10 Å². The van der Waals surface area contributed by atoms with E-state index in [2.05, 4.69) is 6.92 Å². The third kappa shape index (κ3) is 2.49. The Morgan fingerprint density at radius 2 is 2.23 bits per heavy atom. The molecule has 1 aromatic carbocycles. The molecule has 70 valence electrons. The normalized spacial score (nSPS) is 12.8. The van der Waals surface area contributed by atoms with E-state index in [4.69, 9.17) is 11.6 Å². The van der Waals surface area contributed by atoms with Crippen LogP contribution in [0.3, 0.4) is 0 Å². The summed E-state index contributed by atoms with van der Waals surface area (Å²) >= 11 is 5.95. The summed E-state index contributed by atoms with van der Waals surface area (Å²) in [6.07, 6.45) is 1.40. The van der Waals surface area contributed by atoms with Gasteiger partial charge in [0.05, 0.1) is 6.10 Å². The predicted octanol–water partition coefficient (Wildman–Crippen LogP) is 1.43. The first-order chi connectivity index (χ1) is 6.16. The van der Waals surface area contributed by atoms with Gasteiger partial charge in [0.1, 0.15) is 7.85 Å². The summed E-state index contributed by atoms with van der Waals surface area (Å²) in [5.41, 5.74) is 1.94. The molecule has 13 heavy (non-hydrogen) atoms. The van der Waals surface area contributed by atoms with Crippen molar-refractivity contribution in [3.8, 4) is 0 Å². The zero-order chi connectivity index (χ0) is 9.84. The first-order valence-electron chi connectivity index (χ1n) is 4.60. The van der Waals surface area contributed by atoms with Crippen LogP contribution in [0.15, 0.2) is 18.2 Å². The summed E-state index contributed by atoms with van der Waals surface area (Å²) in [5, 5.41) is 10.5. The molecule has 1 aromatic rings. The second-order valence-electron chi connectivity index (χ2n) is 3.26. The molecule has 0 aromatic heterocycles. The molecule has 0 fully saturated rings. The Morgan fingerprint density at radius 1 is 1.54 bits per heavy atom. The number of rotatable bonds is 3. The summed E-state index contributed by atoms with van der Waals surface area (Å²) in [7, 11) is 1.94. The van der Waals surface area contributed by atoms with Crippen molar-refractivity contribution in [3.05, 3.63) is 28.8 Å². The molecule has 0 heterocycles. The predicted molar refractivity (Wildman–Crippen MR) is 59.5 cm³/mol. The summed E-state index contributed by atoms with van der Waals surface area (Å²) in [5.74, 6) is 0. The molecule has 0 amide bonds. The third-order valence-electron chi connectivity index (χ3n) is 2.23.